The first-order valence-corrected chi connectivity index (χ1v) is 12.0. The first kappa shape index (κ1) is 22.8. The molecule has 0 bridgehead atoms. The molecule has 186 valence electrons. The van der Waals surface area contributed by atoms with Crippen LogP contribution in [0.25, 0.3) is 10.9 Å². The van der Waals surface area contributed by atoms with Gasteiger partial charge in [-0.05, 0) is 23.3 Å². The zero-order valence-corrected chi connectivity index (χ0v) is 20.1. The van der Waals surface area contributed by atoms with Crippen molar-refractivity contribution in [2.45, 2.75) is 25.0 Å². The highest BCUT2D eigenvalue weighted by Gasteiger charge is 2.48. The van der Waals surface area contributed by atoms with Crippen LogP contribution < -0.4 is 4.74 Å². The number of benzene rings is 3. The van der Waals surface area contributed by atoms with E-state index in [0.717, 1.165) is 27.7 Å². The van der Waals surface area contributed by atoms with Crippen LogP contribution in [0.15, 0.2) is 72.8 Å². The summed E-state index contributed by atoms with van der Waals surface area (Å²) >= 11 is 0. The summed E-state index contributed by atoms with van der Waals surface area (Å²) in [6, 6.07) is 20.2. The SMILES string of the molecule is COc1ccccc1CN1CC(=O)N2C(c3cccc([N+](=O)[O-])c3)c3[nH]c4ccccc4c3C[C@@H]2C1=O. The molecule has 1 fully saturated rings. The zero-order chi connectivity index (χ0) is 25.7. The van der Waals surface area contributed by atoms with Crippen molar-refractivity contribution in [3.8, 4) is 5.75 Å². The third-order valence-corrected chi connectivity index (χ3v) is 7.29. The van der Waals surface area contributed by atoms with Crippen LogP contribution in [0.3, 0.4) is 0 Å². The lowest BCUT2D eigenvalue weighted by molar-refractivity contribution is -0.384. The number of amides is 2. The molecule has 2 amide bonds. The number of nitro groups is 1. The Bertz CT molecular complexity index is 1560. The predicted molar refractivity (Wildman–Crippen MR) is 136 cm³/mol. The fraction of sp³-hybridized carbons (Fsp3) is 0.214. The Balaban J connectivity index is 1.46. The van der Waals surface area contributed by atoms with E-state index in [1.807, 2.05) is 48.5 Å². The monoisotopic (exact) mass is 496 g/mol. The lowest BCUT2D eigenvalue weighted by atomic mass is 9.86. The Kier molecular flexibility index (Phi) is 5.40. The van der Waals surface area contributed by atoms with Gasteiger partial charge in [-0.25, -0.2) is 0 Å². The fourth-order valence-corrected chi connectivity index (χ4v) is 5.65. The molecule has 0 saturated carbocycles. The Labute approximate surface area is 212 Å². The van der Waals surface area contributed by atoms with Crippen LogP contribution in [-0.4, -0.2) is 51.2 Å². The second kappa shape index (κ2) is 8.77. The van der Waals surface area contributed by atoms with Crippen molar-refractivity contribution in [2.75, 3.05) is 13.7 Å². The van der Waals surface area contributed by atoms with Crippen LogP contribution in [-0.2, 0) is 22.6 Å². The first-order valence-electron chi connectivity index (χ1n) is 12.0. The molecule has 9 heteroatoms. The van der Waals surface area contributed by atoms with Crippen molar-refractivity contribution in [2.24, 2.45) is 0 Å². The largest absolute Gasteiger partial charge is 0.496 e. The van der Waals surface area contributed by atoms with Crippen LogP contribution in [0.4, 0.5) is 5.69 Å². The van der Waals surface area contributed by atoms with Gasteiger partial charge < -0.3 is 19.5 Å². The number of carbonyl (C=O) groups excluding carboxylic acids is 2. The number of aromatic amines is 1. The molecule has 0 aliphatic carbocycles. The van der Waals surface area contributed by atoms with Gasteiger partial charge in [-0.1, -0.05) is 48.5 Å². The van der Waals surface area contributed by atoms with Gasteiger partial charge in [0, 0.05) is 47.3 Å². The topological polar surface area (TPSA) is 109 Å². The Morgan fingerprint density at radius 1 is 1.05 bits per heavy atom. The average molecular weight is 497 g/mol. The van der Waals surface area contributed by atoms with Gasteiger partial charge in [0.25, 0.3) is 5.69 Å². The number of rotatable bonds is 5. The van der Waals surface area contributed by atoms with Gasteiger partial charge in [0.1, 0.15) is 18.3 Å². The van der Waals surface area contributed by atoms with Crippen molar-refractivity contribution in [3.63, 3.8) is 0 Å². The number of para-hydroxylation sites is 2. The van der Waals surface area contributed by atoms with Gasteiger partial charge in [-0.3, -0.25) is 19.7 Å². The summed E-state index contributed by atoms with van der Waals surface area (Å²) in [5.41, 5.74) is 3.98. The maximum absolute atomic E-state index is 13.9. The van der Waals surface area contributed by atoms with Gasteiger partial charge in [-0.15, -0.1) is 0 Å². The summed E-state index contributed by atoms with van der Waals surface area (Å²) in [6.45, 7) is 0.162. The third-order valence-electron chi connectivity index (χ3n) is 7.29. The summed E-state index contributed by atoms with van der Waals surface area (Å²) < 4.78 is 5.45. The lowest BCUT2D eigenvalue weighted by Gasteiger charge is -2.47. The molecule has 6 rings (SSSR count). The summed E-state index contributed by atoms with van der Waals surface area (Å²) in [4.78, 5) is 45.3. The van der Waals surface area contributed by atoms with Crippen molar-refractivity contribution >= 4 is 28.4 Å². The molecule has 3 aromatic carbocycles. The van der Waals surface area contributed by atoms with E-state index in [9.17, 15) is 19.7 Å². The number of aromatic nitrogens is 1. The molecule has 2 atom stereocenters. The van der Waals surface area contributed by atoms with Crippen molar-refractivity contribution in [3.05, 3.63) is 105 Å². The Hall–Kier alpha value is -4.66. The molecule has 1 saturated heterocycles. The quantitative estimate of drug-likeness (QED) is 0.332. The molecule has 2 aliphatic heterocycles. The van der Waals surface area contributed by atoms with E-state index in [-0.39, 0.29) is 30.6 Å². The molecule has 1 N–H and O–H groups in total. The van der Waals surface area contributed by atoms with E-state index in [1.54, 1.807) is 29.0 Å². The molecule has 3 heterocycles. The number of piperazine rings is 1. The van der Waals surface area contributed by atoms with Crippen molar-refractivity contribution < 1.29 is 19.2 Å². The second-order valence-corrected chi connectivity index (χ2v) is 9.34. The number of carbonyl (C=O) groups is 2. The highest BCUT2D eigenvalue weighted by molar-refractivity contribution is 5.97. The van der Waals surface area contributed by atoms with Crippen molar-refractivity contribution in [1.82, 2.24) is 14.8 Å². The molecule has 1 aromatic heterocycles. The number of fused-ring (bicyclic) bond motifs is 4. The van der Waals surface area contributed by atoms with Crippen LogP contribution in [0.2, 0.25) is 0 Å². The van der Waals surface area contributed by atoms with E-state index in [4.69, 9.17) is 4.74 Å². The van der Waals surface area contributed by atoms with Gasteiger partial charge in [0.05, 0.1) is 18.1 Å². The molecule has 9 nitrogen and oxygen atoms in total. The number of non-ortho nitro benzene ring substituents is 1. The summed E-state index contributed by atoms with van der Waals surface area (Å²) in [6.07, 6.45) is 0.359. The molecular formula is C28H24N4O5. The van der Waals surface area contributed by atoms with Crippen molar-refractivity contribution in [1.29, 1.82) is 0 Å². The lowest BCUT2D eigenvalue weighted by Crippen LogP contribution is -2.62. The number of nitrogens with one attached hydrogen (secondary N) is 1. The fourth-order valence-electron chi connectivity index (χ4n) is 5.65. The van der Waals surface area contributed by atoms with Gasteiger partial charge in [-0.2, -0.15) is 0 Å². The minimum absolute atomic E-state index is 0.0640. The number of hydrogen-bond acceptors (Lipinski definition) is 5. The normalized spacial score (nSPS) is 19.1. The molecule has 1 unspecified atom stereocenters. The van der Waals surface area contributed by atoms with Gasteiger partial charge in [0.2, 0.25) is 11.8 Å². The van der Waals surface area contributed by atoms with E-state index >= 15 is 0 Å². The van der Waals surface area contributed by atoms with Crippen LogP contribution in [0.5, 0.6) is 5.75 Å². The summed E-state index contributed by atoms with van der Waals surface area (Å²) in [5.74, 6) is 0.291. The Morgan fingerprint density at radius 3 is 2.65 bits per heavy atom. The highest BCUT2D eigenvalue weighted by atomic mass is 16.6. The van der Waals surface area contributed by atoms with E-state index < -0.39 is 17.0 Å². The van der Waals surface area contributed by atoms with E-state index in [1.165, 1.54) is 12.1 Å². The number of nitrogens with zero attached hydrogens (tertiary/aromatic N) is 3. The van der Waals surface area contributed by atoms with E-state index in [0.29, 0.717) is 17.7 Å². The number of nitro benzene ring substituents is 1. The Morgan fingerprint density at radius 2 is 1.84 bits per heavy atom. The summed E-state index contributed by atoms with van der Waals surface area (Å²) in [7, 11) is 1.58. The predicted octanol–water partition coefficient (Wildman–Crippen LogP) is 3.97. The van der Waals surface area contributed by atoms with E-state index in [2.05, 4.69) is 4.98 Å². The van der Waals surface area contributed by atoms with Crippen LogP contribution >= 0.6 is 0 Å². The molecular weight excluding hydrogens is 472 g/mol. The average Bonchev–Trinajstić information content (AvgIpc) is 3.29. The second-order valence-electron chi connectivity index (χ2n) is 9.34. The summed E-state index contributed by atoms with van der Waals surface area (Å²) in [5, 5.41) is 12.5. The molecule has 0 spiro atoms. The standard InChI is InChI=1S/C28H24N4O5/c1-37-24-12-5-2-7-18(24)15-30-16-25(33)31-23(28(30)34)14-21-20-10-3-4-11-22(20)29-26(21)27(31)17-8-6-9-19(13-17)32(35)36/h2-13,23,27,29H,14-16H2,1H3/t23-,27?/m1/s1. The highest BCUT2D eigenvalue weighted by Crippen LogP contribution is 2.43. The minimum Gasteiger partial charge on any atom is -0.496 e. The number of hydrogen-bond donors (Lipinski definition) is 1. The number of ether oxygens (including phenoxy) is 1. The molecule has 4 aromatic rings. The first-order chi connectivity index (χ1) is 18.0. The maximum atomic E-state index is 13.9. The van der Waals surface area contributed by atoms with Crippen LogP contribution in [0.1, 0.15) is 28.4 Å². The molecule has 2 aliphatic rings. The minimum atomic E-state index is -0.730. The maximum Gasteiger partial charge on any atom is 0.269 e. The molecule has 37 heavy (non-hydrogen) atoms. The number of methoxy groups -OCH3 is 1. The smallest absolute Gasteiger partial charge is 0.269 e. The zero-order valence-electron chi connectivity index (χ0n) is 20.1. The van der Waals surface area contributed by atoms with Crippen LogP contribution in [0, 0.1) is 10.1 Å². The van der Waals surface area contributed by atoms with Gasteiger partial charge in [0.15, 0.2) is 0 Å². The molecule has 0 radical (unpaired) electrons. The van der Waals surface area contributed by atoms with Gasteiger partial charge >= 0.3 is 0 Å². The number of H-pyrrole nitrogens is 1. The third kappa shape index (κ3) is 3.70.